The number of nitrogens with one attached hydrogen (secondary N) is 1. The maximum Gasteiger partial charge on any atom is 0.226 e. The molecule has 0 bridgehead atoms. The topological polar surface area (TPSA) is 106 Å². The largest absolute Gasteiger partial charge is 0.497 e. The number of aromatic nitrogens is 2. The smallest absolute Gasteiger partial charge is 0.226 e. The third-order valence-electron chi connectivity index (χ3n) is 2.44. The lowest BCUT2D eigenvalue weighted by atomic mass is 10.2. The van der Waals surface area contributed by atoms with Gasteiger partial charge in [0.15, 0.2) is 0 Å². The fourth-order valence-electron chi connectivity index (χ4n) is 1.56. The number of nitrogens with zero attached hydrogens (tertiary/aromatic N) is 3. The lowest BCUT2D eigenvalue weighted by molar-refractivity contribution is 0.407. The average molecular weight is 271 g/mol. The minimum absolute atomic E-state index is 0.0928. The molecule has 0 aliphatic rings. The fourth-order valence-corrected chi connectivity index (χ4v) is 1.56. The second-order valence-corrected chi connectivity index (χ2v) is 3.81. The van der Waals surface area contributed by atoms with Gasteiger partial charge in [-0.1, -0.05) is 0 Å². The van der Waals surface area contributed by atoms with Crippen molar-refractivity contribution in [2.45, 2.75) is 0 Å². The Morgan fingerprint density at radius 2 is 1.95 bits per heavy atom. The molecular weight excluding hydrogens is 258 g/mol. The van der Waals surface area contributed by atoms with E-state index in [1.165, 1.54) is 7.11 Å². The lowest BCUT2D eigenvalue weighted by Crippen LogP contribution is -2.01. The van der Waals surface area contributed by atoms with Gasteiger partial charge in [0.1, 0.15) is 17.3 Å². The van der Waals surface area contributed by atoms with Crippen LogP contribution in [0, 0.1) is 11.3 Å². The summed E-state index contributed by atoms with van der Waals surface area (Å²) in [6.45, 7) is 0. The van der Waals surface area contributed by atoms with Crippen molar-refractivity contribution < 1.29 is 9.47 Å². The number of methoxy groups -OCH3 is 1. The maximum absolute atomic E-state index is 8.96. The van der Waals surface area contributed by atoms with Gasteiger partial charge in [0.2, 0.25) is 11.8 Å². The number of hydrogen-bond acceptors (Lipinski definition) is 7. The first-order valence-corrected chi connectivity index (χ1v) is 5.74. The van der Waals surface area contributed by atoms with E-state index in [-0.39, 0.29) is 11.8 Å². The van der Waals surface area contributed by atoms with Crippen LogP contribution in [0.4, 0.5) is 11.8 Å². The van der Waals surface area contributed by atoms with E-state index in [1.807, 2.05) is 6.07 Å². The van der Waals surface area contributed by atoms with E-state index >= 15 is 0 Å². The third-order valence-corrected chi connectivity index (χ3v) is 2.44. The number of rotatable bonds is 4. The Balaban J connectivity index is 2.34. The number of benzene rings is 1. The molecule has 0 spiro atoms. The first kappa shape index (κ1) is 13.4. The summed E-state index contributed by atoms with van der Waals surface area (Å²) in [6.07, 6.45) is 0. The van der Waals surface area contributed by atoms with Crippen molar-refractivity contribution in [3.8, 4) is 23.4 Å². The summed E-state index contributed by atoms with van der Waals surface area (Å²) in [6, 6.07) is 8.48. The molecule has 2 aromatic rings. The molecule has 2 rings (SSSR count). The van der Waals surface area contributed by atoms with E-state index in [2.05, 4.69) is 15.3 Å². The van der Waals surface area contributed by atoms with Crippen LogP contribution in [0.2, 0.25) is 0 Å². The van der Waals surface area contributed by atoms with Crippen LogP contribution in [0.25, 0.3) is 0 Å². The number of hydrogen-bond donors (Lipinski definition) is 2. The molecule has 1 heterocycles. The molecule has 0 amide bonds. The number of ether oxygens (including phenoxy) is 2. The highest BCUT2D eigenvalue weighted by Gasteiger charge is 2.07. The van der Waals surface area contributed by atoms with Crippen LogP contribution in [-0.2, 0) is 0 Å². The Kier molecular flexibility index (Phi) is 3.86. The van der Waals surface area contributed by atoms with Gasteiger partial charge in [-0.25, -0.2) is 0 Å². The molecule has 0 saturated carbocycles. The lowest BCUT2D eigenvalue weighted by Gasteiger charge is -2.09. The van der Waals surface area contributed by atoms with Gasteiger partial charge >= 0.3 is 0 Å². The van der Waals surface area contributed by atoms with Crippen LogP contribution >= 0.6 is 0 Å². The van der Waals surface area contributed by atoms with Crippen molar-refractivity contribution >= 4 is 11.8 Å². The van der Waals surface area contributed by atoms with E-state index < -0.39 is 0 Å². The van der Waals surface area contributed by atoms with Gasteiger partial charge in [-0.3, -0.25) is 0 Å². The molecule has 7 nitrogen and oxygen atoms in total. The predicted molar refractivity (Wildman–Crippen MR) is 73.8 cm³/mol. The number of nitrogen functional groups attached to an aromatic ring is 1. The first-order valence-electron chi connectivity index (χ1n) is 5.74. The maximum atomic E-state index is 8.96. The Morgan fingerprint density at radius 3 is 2.60 bits per heavy atom. The molecule has 20 heavy (non-hydrogen) atoms. The molecule has 1 aromatic heterocycles. The predicted octanol–water partition coefficient (Wildman–Crippen LogP) is 1.77. The summed E-state index contributed by atoms with van der Waals surface area (Å²) in [4.78, 5) is 7.93. The zero-order valence-electron chi connectivity index (χ0n) is 11.0. The molecule has 0 radical (unpaired) electrons. The molecule has 0 fully saturated rings. The van der Waals surface area contributed by atoms with E-state index in [0.717, 1.165) is 0 Å². The molecule has 102 valence electrons. The van der Waals surface area contributed by atoms with Crippen LogP contribution < -0.4 is 20.5 Å². The average Bonchev–Trinajstić information content (AvgIpc) is 2.46. The van der Waals surface area contributed by atoms with Gasteiger partial charge in [-0.05, 0) is 12.1 Å². The minimum Gasteiger partial charge on any atom is -0.497 e. The van der Waals surface area contributed by atoms with Gasteiger partial charge in [0, 0.05) is 19.2 Å². The third kappa shape index (κ3) is 3.05. The van der Waals surface area contributed by atoms with Crippen molar-refractivity contribution in [2.75, 3.05) is 25.2 Å². The molecule has 0 unspecified atom stereocenters. The van der Waals surface area contributed by atoms with Crippen molar-refractivity contribution in [3.63, 3.8) is 0 Å². The summed E-state index contributed by atoms with van der Waals surface area (Å²) < 4.78 is 10.7. The number of nitrogens with two attached hydrogens (primary N) is 1. The Hall–Kier alpha value is -3.01. The summed E-state index contributed by atoms with van der Waals surface area (Å²) >= 11 is 0. The second kappa shape index (κ2) is 5.75. The van der Waals surface area contributed by atoms with E-state index in [0.29, 0.717) is 22.9 Å². The number of nitriles is 1. The summed E-state index contributed by atoms with van der Waals surface area (Å²) in [5, 5.41) is 11.8. The molecule has 0 aliphatic heterocycles. The normalized spacial score (nSPS) is 9.65. The zero-order valence-corrected chi connectivity index (χ0v) is 11.0. The standard InChI is InChI=1S/C13H13N5O2/c1-16-11-6-12(18-13(15)17-11)20-10-4-8(7-14)3-9(5-10)19-2/h3-6H,1-2H3,(H3,15,16,17,18). The highest BCUT2D eigenvalue weighted by atomic mass is 16.5. The molecule has 7 heteroatoms. The van der Waals surface area contributed by atoms with Gasteiger partial charge < -0.3 is 20.5 Å². The van der Waals surface area contributed by atoms with Crippen molar-refractivity contribution in [2.24, 2.45) is 0 Å². The van der Waals surface area contributed by atoms with Crippen LogP contribution in [0.15, 0.2) is 24.3 Å². The monoisotopic (exact) mass is 271 g/mol. The minimum atomic E-state index is 0.0928. The van der Waals surface area contributed by atoms with E-state index in [4.69, 9.17) is 20.5 Å². The SMILES string of the molecule is CNc1cc(Oc2cc(C#N)cc(OC)c2)nc(N)n1. The van der Waals surface area contributed by atoms with Crippen molar-refractivity contribution in [1.82, 2.24) is 9.97 Å². The number of anilines is 2. The first-order chi connectivity index (χ1) is 9.64. The highest BCUT2D eigenvalue weighted by molar-refractivity contribution is 5.47. The quantitative estimate of drug-likeness (QED) is 0.872. The zero-order chi connectivity index (χ0) is 14.5. The Labute approximate surface area is 116 Å². The van der Waals surface area contributed by atoms with Crippen LogP contribution in [0.5, 0.6) is 17.4 Å². The van der Waals surface area contributed by atoms with Crippen LogP contribution in [0.3, 0.4) is 0 Å². The van der Waals surface area contributed by atoms with E-state index in [1.54, 1.807) is 31.3 Å². The molecular formula is C13H13N5O2. The van der Waals surface area contributed by atoms with Gasteiger partial charge in [0.25, 0.3) is 0 Å². The summed E-state index contributed by atoms with van der Waals surface area (Å²) in [7, 11) is 3.23. The molecule has 0 saturated heterocycles. The molecule has 1 aromatic carbocycles. The van der Waals surface area contributed by atoms with Crippen LogP contribution in [0.1, 0.15) is 5.56 Å². The molecule has 0 atom stereocenters. The highest BCUT2D eigenvalue weighted by Crippen LogP contribution is 2.27. The fraction of sp³-hybridized carbons (Fsp3) is 0.154. The van der Waals surface area contributed by atoms with Gasteiger partial charge in [-0.2, -0.15) is 15.2 Å². The van der Waals surface area contributed by atoms with Crippen molar-refractivity contribution in [1.29, 1.82) is 5.26 Å². The summed E-state index contributed by atoms with van der Waals surface area (Å²) in [5.74, 6) is 1.86. The summed E-state index contributed by atoms with van der Waals surface area (Å²) in [5.41, 5.74) is 6.01. The molecule has 3 N–H and O–H groups in total. The Bertz CT molecular complexity index is 666. The van der Waals surface area contributed by atoms with Crippen LogP contribution in [-0.4, -0.2) is 24.1 Å². The Morgan fingerprint density at radius 1 is 1.20 bits per heavy atom. The van der Waals surface area contributed by atoms with Gasteiger partial charge in [0.05, 0.1) is 18.7 Å². The second-order valence-electron chi connectivity index (χ2n) is 3.81. The van der Waals surface area contributed by atoms with Gasteiger partial charge in [-0.15, -0.1) is 0 Å². The molecule has 0 aliphatic carbocycles. The van der Waals surface area contributed by atoms with Crippen molar-refractivity contribution in [3.05, 3.63) is 29.8 Å². The van der Waals surface area contributed by atoms with E-state index in [9.17, 15) is 0 Å².